The minimum absolute atomic E-state index is 0.0503. The van der Waals surface area contributed by atoms with Crippen LogP contribution in [0.2, 0.25) is 10.0 Å². The highest BCUT2D eigenvalue weighted by Gasteiger charge is 2.31. The van der Waals surface area contributed by atoms with Crippen LogP contribution < -0.4 is 5.32 Å². The lowest BCUT2D eigenvalue weighted by Crippen LogP contribution is -2.50. The zero-order valence-corrected chi connectivity index (χ0v) is 14.1. The number of ether oxygens (including phenoxy) is 1. The van der Waals surface area contributed by atoms with E-state index in [-0.39, 0.29) is 23.7 Å². The fraction of sp³-hybridized carbons (Fsp3) is 0.333. The molecule has 1 aromatic carbocycles. The maximum absolute atomic E-state index is 12.5. The maximum Gasteiger partial charge on any atom is 0.305 e. The number of carbonyl (C=O) groups is 2. The van der Waals surface area contributed by atoms with Crippen molar-refractivity contribution in [2.45, 2.75) is 18.9 Å². The number of H-pyrrole nitrogens is 1. The molecule has 1 unspecified atom stereocenters. The van der Waals surface area contributed by atoms with Gasteiger partial charge in [0, 0.05) is 23.0 Å². The third-order valence-corrected chi connectivity index (χ3v) is 3.97. The molecule has 8 heteroatoms. The van der Waals surface area contributed by atoms with Crippen molar-refractivity contribution in [1.29, 1.82) is 0 Å². The molecule has 0 fully saturated rings. The van der Waals surface area contributed by atoms with E-state index in [0.29, 0.717) is 15.9 Å². The topological polar surface area (TPSA) is 91.4 Å². The maximum atomic E-state index is 12.5. The Morgan fingerprint density at radius 1 is 1.39 bits per heavy atom. The van der Waals surface area contributed by atoms with Crippen LogP contribution in [0, 0.1) is 0 Å². The fourth-order valence-electron chi connectivity index (χ4n) is 2.41. The summed E-state index contributed by atoms with van der Waals surface area (Å²) < 4.78 is 5.01. The van der Waals surface area contributed by atoms with Crippen LogP contribution in [-0.2, 0) is 9.53 Å². The van der Waals surface area contributed by atoms with Crippen molar-refractivity contribution in [3.8, 4) is 0 Å². The quantitative estimate of drug-likeness (QED) is 0.739. The Labute approximate surface area is 142 Å². The van der Waals surface area contributed by atoms with Gasteiger partial charge in [-0.1, -0.05) is 23.2 Å². The summed E-state index contributed by atoms with van der Waals surface area (Å²) in [6.45, 7) is 1.64. The Kier molecular flexibility index (Phi) is 5.19. The molecule has 1 aromatic heterocycles. The number of nitrogens with one attached hydrogen (secondary N) is 2. The summed E-state index contributed by atoms with van der Waals surface area (Å²) in [5.41, 5.74) is -0.247. The van der Waals surface area contributed by atoms with Crippen LogP contribution >= 0.6 is 23.2 Å². The van der Waals surface area contributed by atoms with Crippen LogP contribution in [-0.4, -0.2) is 41.2 Å². The average molecular weight is 359 g/mol. The molecule has 2 rings (SSSR count). The van der Waals surface area contributed by atoms with Gasteiger partial charge in [0.1, 0.15) is 5.69 Å². The number of rotatable bonds is 6. The van der Waals surface area contributed by atoms with E-state index in [1.54, 1.807) is 25.1 Å². The first-order valence-electron chi connectivity index (χ1n) is 6.76. The molecule has 124 valence electrons. The van der Waals surface area contributed by atoms with Crippen LogP contribution in [0.3, 0.4) is 0 Å². The van der Waals surface area contributed by atoms with Crippen LogP contribution in [0.5, 0.6) is 0 Å². The molecule has 23 heavy (non-hydrogen) atoms. The Morgan fingerprint density at radius 2 is 2.09 bits per heavy atom. The molecule has 1 heterocycles. The number of carboxylic acid groups (broad SMARTS) is 1. The largest absolute Gasteiger partial charge is 0.481 e. The van der Waals surface area contributed by atoms with Gasteiger partial charge in [0.15, 0.2) is 0 Å². The van der Waals surface area contributed by atoms with Crippen molar-refractivity contribution in [3.05, 3.63) is 33.9 Å². The van der Waals surface area contributed by atoms with Gasteiger partial charge in [-0.05, 0) is 25.1 Å². The standard InChI is InChI=1S/C15H16Cl2N2O4/c1-15(7-23-2,6-11(20)21)19-14(22)13-12(17)9-5-8(16)3-4-10(9)18-13/h3-5,18H,6-7H2,1-2H3,(H,19,22)(H,20,21). The number of amides is 1. The van der Waals surface area contributed by atoms with E-state index in [4.69, 9.17) is 33.0 Å². The highest BCUT2D eigenvalue weighted by molar-refractivity contribution is 6.39. The van der Waals surface area contributed by atoms with Crippen LogP contribution in [0.1, 0.15) is 23.8 Å². The van der Waals surface area contributed by atoms with Crippen LogP contribution in [0.25, 0.3) is 10.9 Å². The number of fused-ring (bicyclic) bond motifs is 1. The second-order valence-electron chi connectivity index (χ2n) is 5.52. The van der Waals surface area contributed by atoms with Crippen molar-refractivity contribution >= 4 is 46.0 Å². The number of aromatic nitrogens is 1. The molecule has 6 nitrogen and oxygen atoms in total. The molecule has 0 aliphatic rings. The van der Waals surface area contributed by atoms with Crippen molar-refractivity contribution in [1.82, 2.24) is 10.3 Å². The number of benzene rings is 1. The van der Waals surface area contributed by atoms with E-state index < -0.39 is 17.4 Å². The van der Waals surface area contributed by atoms with Gasteiger partial charge >= 0.3 is 5.97 Å². The predicted octanol–water partition coefficient (Wildman–Crippen LogP) is 3.08. The minimum atomic E-state index is -1.06. The summed E-state index contributed by atoms with van der Waals surface area (Å²) >= 11 is 12.2. The number of hydrogen-bond donors (Lipinski definition) is 3. The molecule has 1 amide bonds. The first-order chi connectivity index (χ1) is 10.8. The van der Waals surface area contributed by atoms with Crippen molar-refractivity contribution in [2.24, 2.45) is 0 Å². The second kappa shape index (κ2) is 6.78. The zero-order chi connectivity index (χ0) is 17.2. The van der Waals surface area contributed by atoms with Gasteiger partial charge in [-0.15, -0.1) is 0 Å². The van der Waals surface area contributed by atoms with E-state index >= 15 is 0 Å². The average Bonchev–Trinajstić information content (AvgIpc) is 2.75. The molecule has 0 aliphatic carbocycles. The summed E-state index contributed by atoms with van der Waals surface area (Å²) in [6.07, 6.45) is -0.281. The molecule has 3 N–H and O–H groups in total. The van der Waals surface area contributed by atoms with Crippen molar-refractivity contribution in [2.75, 3.05) is 13.7 Å². The molecule has 0 aliphatic heterocycles. The number of carbonyl (C=O) groups excluding carboxylic acids is 1. The molecule has 2 aromatic rings. The lowest BCUT2D eigenvalue weighted by molar-refractivity contribution is -0.139. The minimum Gasteiger partial charge on any atom is -0.481 e. The van der Waals surface area contributed by atoms with Gasteiger partial charge in [-0.3, -0.25) is 9.59 Å². The number of hydrogen-bond acceptors (Lipinski definition) is 3. The van der Waals surface area contributed by atoms with Gasteiger partial charge < -0.3 is 20.1 Å². The Hall–Kier alpha value is -1.76. The SMILES string of the molecule is COCC(C)(CC(=O)O)NC(=O)c1[nH]c2ccc(Cl)cc2c1Cl. The third kappa shape index (κ3) is 3.96. The van der Waals surface area contributed by atoms with E-state index in [2.05, 4.69) is 10.3 Å². The molecular weight excluding hydrogens is 343 g/mol. The highest BCUT2D eigenvalue weighted by atomic mass is 35.5. The smallest absolute Gasteiger partial charge is 0.305 e. The number of aliphatic carboxylic acids is 1. The van der Waals surface area contributed by atoms with E-state index in [9.17, 15) is 9.59 Å². The van der Waals surface area contributed by atoms with Gasteiger partial charge in [-0.2, -0.15) is 0 Å². The number of aromatic amines is 1. The van der Waals surface area contributed by atoms with Gasteiger partial charge in [0.25, 0.3) is 5.91 Å². The normalized spacial score (nSPS) is 13.7. The summed E-state index contributed by atoms with van der Waals surface area (Å²) in [4.78, 5) is 26.4. The van der Waals surface area contributed by atoms with Crippen molar-refractivity contribution < 1.29 is 19.4 Å². The van der Waals surface area contributed by atoms with Gasteiger partial charge in [0.05, 0.1) is 23.6 Å². The van der Waals surface area contributed by atoms with E-state index in [1.807, 2.05) is 0 Å². The van der Waals surface area contributed by atoms with E-state index in [0.717, 1.165) is 0 Å². The van der Waals surface area contributed by atoms with E-state index in [1.165, 1.54) is 7.11 Å². The fourth-order valence-corrected chi connectivity index (χ4v) is 2.87. The lowest BCUT2D eigenvalue weighted by Gasteiger charge is -2.28. The first kappa shape index (κ1) is 17.6. The Morgan fingerprint density at radius 3 is 2.70 bits per heavy atom. The number of methoxy groups -OCH3 is 1. The van der Waals surface area contributed by atoms with Crippen molar-refractivity contribution in [3.63, 3.8) is 0 Å². The summed E-state index contributed by atoms with van der Waals surface area (Å²) in [5.74, 6) is -1.55. The monoisotopic (exact) mass is 358 g/mol. The molecule has 0 saturated carbocycles. The number of halogens is 2. The predicted molar refractivity (Wildman–Crippen MR) is 88.3 cm³/mol. The molecule has 0 spiro atoms. The van der Waals surface area contributed by atoms with Crippen LogP contribution in [0.4, 0.5) is 0 Å². The van der Waals surface area contributed by atoms with Crippen LogP contribution in [0.15, 0.2) is 18.2 Å². The third-order valence-electron chi connectivity index (χ3n) is 3.34. The molecule has 0 saturated heterocycles. The lowest BCUT2D eigenvalue weighted by atomic mass is 9.98. The summed E-state index contributed by atoms with van der Waals surface area (Å²) in [6, 6.07) is 5.04. The highest BCUT2D eigenvalue weighted by Crippen LogP contribution is 2.30. The second-order valence-corrected chi connectivity index (χ2v) is 6.34. The summed E-state index contributed by atoms with van der Waals surface area (Å²) in [5, 5.41) is 13.0. The molecule has 0 radical (unpaired) electrons. The molecule has 0 bridgehead atoms. The zero-order valence-electron chi connectivity index (χ0n) is 12.6. The first-order valence-corrected chi connectivity index (χ1v) is 7.51. The number of carboxylic acids is 1. The Balaban J connectivity index is 2.32. The summed E-state index contributed by atoms with van der Waals surface area (Å²) in [7, 11) is 1.43. The van der Waals surface area contributed by atoms with Gasteiger partial charge in [0.2, 0.25) is 0 Å². The molecular formula is C15H16Cl2N2O4. The Bertz CT molecular complexity index is 759. The molecule has 1 atom stereocenters. The van der Waals surface area contributed by atoms with Gasteiger partial charge in [-0.25, -0.2) is 0 Å².